The summed E-state index contributed by atoms with van der Waals surface area (Å²) in [7, 11) is -2.70. The molecule has 32 heavy (non-hydrogen) atoms. The van der Waals surface area contributed by atoms with Gasteiger partial charge in [-0.2, -0.15) is 0 Å². The van der Waals surface area contributed by atoms with Crippen LogP contribution in [0.3, 0.4) is 0 Å². The van der Waals surface area contributed by atoms with Gasteiger partial charge in [-0.25, -0.2) is 0 Å². The molecule has 4 atom stereocenters. The van der Waals surface area contributed by atoms with E-state index in [2.05, 4.69) is 69.3 Å². The van der Waals surface area contributed by atoms with Gasteiger partial charge in [0.15, 0.2) is 0 Å². The Morgan fingerprint density at radius 3 is 1.97 bits per heavy atom. The van der Waals surface area contributed by atoms with Gasteiger partial charge >= 0.3 is 0 Å². The van der Waals surface area contributed by atoms with E-state index in [9.17, 15) is 15.3 Å². The van der Waals surface area contributed by atoms with Crippen LogP contribution in [-0.4, -0.2) is 61.8 Å². The third-order valence-electron chi connectivity index (χ3n) is 6.97. The highest BCUT2D eigenvalue weighted by molar-refractivity contribution is 6.99. The van der Waals surface area contributed by atoms with E-state index in [1.807, 2.05) is 19.1 Å². The van der Waals surface area contributed by atoms with Crippen molar-refractivity contribution in [3.05, 3.63) is 60.7 Å². The molecule has 3 N–H and O–H groups in total. The van der Waals surface area contributed by atoms with Gasteiger partial charge in [0.25, 0.3) is 8.32 Å². The van der Waals surface area contributed by atoms with E-state index in [0.29, 0.717) is 19.4 Å². The fourth-order valence-corrected chi connectivity index (χ4v) is 9.58. The summed E-state index contributed by atoms with van der Waals surface area (Å²) in [5.41, 5.74) is -0.795. The summed E-state index contributed by atoms with van der Waals surface area (Å²) in [6, 6.07) is 20.9. The lowest BCUT2D eigenvalue weighted by atomic mass is 9.74. The largest absolute Gasteiger partial charge is 0.405 e. The minimum absolute atomic E-state index is 0.0603. The zero-order chi connectivity index (χ0) is 23.4. The van der Waals surface area contributed by atoms with E-state index in [-0.39, 0.29) is 24.4 Å². The molecule has 1 fully saturated rings. The lowest BCUT2D eigenvalue weighted by Gasteiger charge is -2.48. The summed E-state index contributed by atoms with van der Waals surface area (Å²) in [5, 5.41) is 32.5. The molecule has 0 unspecified atom stereocenters. The topological polar surface area (TPSA) is 79.2 Å². The van der Waals surface area contributed by atoms with Crippen molar-refractivity contribution in [1.82, 2.24) is 0 Å². The summed E-state index contributed by atoms with van der Waals surface area (Å²) in [5.74, 6) is 0. The summed E-state index contributed by atoms with van der Waals surface area (Å²) in [4.78, 5) is 0. The average Bonchev–Trinajstić information content (AvgIpc) is 2.78. The van der Waals surface area contributed by atoms with Gasteiger partial charge in [0.2, 0.25) is 0 Å². The summed E-state index contributed by atoms with van der Waals surface area (Å²) >= 11 is 0. The number of ether oxygens (including phenoxy) is 1. The molecule has 1 saturated heterocycles. The van der Waals surface area contributed by atoms with Gasteiger partial charge in [0, 0.05) is 18.4 Å². The van der Waals surface area contributed by atoms with Crippen LogP contribution in [0, 0.1) is 5.41 Å². The Hall–Kier alpha value is -1.54. The van der Waals surface area contributed by atoms with Crippen molar-refractivity contribution >= 4 is 18.7 Å². The van der Waals surface area contributed by atoms with Crippen molar-refractivity contribution in [2.24, 2.45) is 5.41 Å². The summed E-state index contributed by atoms with van der Waals surface area (Å²) < 4.78 is 13.3. The molecular formula is C26H38O5Si. The highest BCUT2D eigenvalue weighted by Gasteiger charge is 2.52. The molecule has 1 aliphatic heterocycles. The molecule has 0 radical (unpaired) electrons. The quantitative estimate of drug-likeness (QED) is 0.530. The van der Waals surface area contributed by atoms with Crippen LogP contribution in [-0.2, 0) is 9.16 Å². The Kier molecular flexibility index (Phi) is 7.96. The van der Waals surface area contributed by atoms with Gasteiger partial charge in [-0.1, -0.05) is 88.4 Å². The van der Waals surface area contributed by atoms with Crippen LogP contribution in [0.25, 0.3) is 0 Å². The number of hydrogen-bond acceptors (Lipinski definition) is 5. The molecule has 5 nitrogen and oxygen atoms in total. The van der Waals surface area contributed by atoms with Crippen molar-refractivity contribution in [3.63, 3.8) is 0 Å². The van der Waals surface area contributed by atoms with Crippen LogP contribution in [0.5, 0.6) is 0 Å². The molecule has 2 aromatic carbocycles. The first kappa shape index (κ1) is 25.1. The lowest BCUT2D eigenvalue weighted by molar-refractivity contribution is -0.203. The molecule has 0 amide bonds. The number of rotatable bonds is 8. The van der Waals surface area contributed by atoms with Crippen LogP contribution in [0.15, 0.2) is 60.7 Å². The molecule has 3 rings (SSSR count). The maximum atomic E-state index is 10.9. The van der Waals surface area contributed by atoms with Gasteiger partial charge in [0.05, 0.1) is 31.5 Å². The predicted octanol–water partition coefficient (Wildman–Crippen LogP) is 2.46. The Morgan fingerprint density at radius 2 is 1.53 bits per heavy atom. The number of aliphatic hydroxyl groups excluding tert-OH is 3. The van der Waals surface area contributed by atoms with Gasteiger partial charge in [-0.15, -0.1) is 0 Å². The van der Waals surface area contributed by atoms with Gasteiger partial charge < -0.3 is 24.5 Å². The van der Waals surface area contributed by atoms with E-state index in [1.165, 1.54) is 10.4 Å². The van der Waals surface area contributed by atoms with Crippen molar-refractivity contribution < 1.29 is 24.5 Å². The average molecular weight is 459 g/mol. The minimum Gasteiger partial charge on any atom is -0.405 e. The Bertz CT molecular complexity index is 799. The molecule has 0 spiro atoms. The smallest absolute Gasteiger partial charge is 0.261 e. The minimum atomic E-state index is -2.70. The van der Waals surface area contributed by atoms with E-state index in [4.69, 9.17) is 9.16 Å². The second kappa shape index (κ2) is 10.2. The van der Waals surface area contributed by atoms with Crippen LogP contribution in [0.4, 0.5) is 0 Å². The Labute approximate surface area is 193 Å². The first-order chi connectivity index (χ1) is 15.2. The molecule has 1 heterocycles. The summed E-state index contributed by atoms with van der Waals surface area (Å²) in [6.45, 7) is 8.59. The third-order valence-corrected chi connectivity index (χ3v) is 12.0. The lowest BCUT2D eigenvalue weighted by Crippen LogP contribution is -2.67. The molecule has 1 aliphatic rings. The summed E-state index contributed by atoms with van der Waals surface area (Å²) in [6.07, 6.45) is -0.733. The zero-order valence-corrected chi connectivity index (χ0v) is 20.7. The third kappa shape index (κ3) is 4.71. The molecular weight excluding hydrogens is 420 g/mol. The normalized spacial score (nSPS) is 26.8. The monoisotopic (exact) mass is 458 g/mol. The zero-order valence-electron chi connectivity index (χ0n) is 19.7. The predicted molar refractivity (Wildman–Crippen MR) is 130 cm³/mol. The standard InChI is InChI=1S/C26H38O5Si/c1-25(2,3)32(21-11-7-5-8-12-21,22-13-9-6-10-14-22)30-18-20-17-23(29)26(4,19-28)24(31-20)15-16-27/h5-14,20,23-24,27-29H,15-19H2,1-4H3/t20-,23+,24-,26+/m1/s1. The number of benzene rings is 2. The molecule has 0 aliphatic carbocycles. The maximum Gasteiger partial charge on any atom is 0.261 e. The van der Waals surface area contributed by atoms with Crippen molar-refractivity contribution in [1.29, 1.82) is 0 Å². The van der Waals surface area contributed by atoms with E-state index >= 15 is 0 Å². The van der Waals surface area contributed by atoms with Crippen LogP contribution < -0.4 is 10.4 Å². The second-order valence-corrected chi connectivity index (χ2v) is 14.5. The second-order valence-electron chi connectivity index (χ2n) is 10.1. The highest BCUT2D eigenvalue weighted by atomic mass is 28.4. The van der Waals surface area contributed by atoms with E-state index in [1.54, 1.807) is 0 Å². The van der Waals surface area contributed by atoms with E-state index in [0.717, 1.165) is 0 Å². The van der Waals surface area contributed by atoms with Crippen LogP contribution >= 0.6 is 0 Å². The molecule has 0 saturated carbocycles. The van der Waals surface area contributed by atoms with Crippen LogP contribution in [0.1, 0.15) is 40.5 Å². The molecule has 0 bridgehead atoms. The van der Waals surface area contributed by atoms with Gasteiger partial charge in [-0.3, -0.25) is 0 Å². The molecule has 6 heteroatoms. The molecule has 176 valence electrons. The van der Waals surface area contributed by atoms with Gasteiger partial charge in [-0.05, 0) is 21.8 Å². The van der Waals surface area contributed by atoms with Crippen LogP contribution in [0.2, 0.25) is 5.04 Å². The fraction of sp³-hybridized carbons (Fsp3) is 0.538. The fourth-order valence-electron chi connectivity index (χ4n) is 4.99. The first-order valence-electron chi connectivity index (χ1n) is 11.5. The Balaban J connectivity index is 1.95. The maximum absolute atomic E-state index is 10.9. The molecule has 0 aromatic heterocycles. The van der Waals surface area contributed by atoms with Gasteiger partial charge in [0.1, 0.15) is 0 Å². The SMILES string of the molecule is CC(C)(C)[Si](OC[C@H]1C[C@H](O)[C@](C)(CO)[C@@H](CCO)O1)(c1ccccc1)c1ccccc1. The molecule has 2 aromatic rings. The van der Waals surface area contributed by atoms with E-state index < -0.39 is 25.9 Å². The first-order valence-corrected chi connectivity index (χ1v) is 13.4. The van der Waals surface area contributed by atoms with Crippen molar-refractivity contribution in [2.75, 3.05) is 19.8 Å². The Morgan fingerprint density at radius 1 is 1.00 bits per heavy atom. The van der Waals surface area contributed by atoms with Crippen molar-refractivity contribution in [3.8, 4) is 0 Å². The highest BCUT2D eigenvalue weighted by Crippen LogP contribution is 2.40. The number of hydrogen-bond donors (Lipinski definition) is 3. The van der Waals surface area contributed by atoms with Crippen molar-refractivity contribution in [2.45, 2.75) is 63.9 Å². The number of aliphatic hydroxyl groups is 3.